The van der Waals surface area contributed by atoms with Gasteiger partial charge in [0.15, 0.2) is 0 Å². The average molecular weight is 673 g/mol. The van der Waals surface area contributed by atoms with Crippen molar-refractivity contribution in [2.45, 2.75) is 25.9 Å². The molecule has 8 heteroatoms. The summed E-state index contributed by atoms with van der Waals surface area (Å²) in [5, 5.41) is 0.750. The highest BCUT2D eigenvalue weighted by molar-refractivity contribution is 14.1. The fourth-order valence-corrected chi connectivity index (χ4v) is 5.87. The lowest BCUT2D eigenvalue weighted by Gasteiger charge is -2.39. The van der Waals surface area contributed by atoms with Crippen molar-refractivity contribution in [3.63, 3.8) is 0 Å². The monoisotopic (exact) mass is 672 g/mol. The third-order valence-electron chi connectivity index (χ3n) is 7.41. The van der Waals surface area contributed by atoms with Crippen LogP contribution in [-0.4, -0.2) is 62.9 Å². The molecule has 0 amide bonds. The summed E-state index contributed by atoms with van der Waals surface area (Å²) in [6, 6.07) is 21.6. The number of piperazine rings is 1. The fraction of sp³-hybridized carbons (Fsp3) is 0.344. The third-order valence-corrected chi connectivity index (χ3v) is 8.33. The van der Waals surface area contributed by atoms with E-state index in [0.717, 1.165) is 53.4 Å². The van der Waals surface area contributed by atoms with Gasteiger partial charge in [0.05, 0.1) is 19.3 Å². The van der Waals surface area contributed by atoms with Gasteiger partial charge in [0.1, 0.15) is 17.1 Å². The van der Waals surface area contributed by atoms with Gasteiger partial charge >= 0.3 is 5.97 Å². The van der Waals surface area contributed by atoms with Crippen LogP contribution in [0.5, 0.6) is 11.5 Å². The number of benzene rings is 3. The largest absolute Gasteiger partial charge is 0.465 e. The molecule has 5 rings (SSSR count). The molecule has 0 aromatic heterocycles. The van der Waals surface area contributed by atoms with E-state index in [1.165, 1.54) is 23.8 Å². The maximum atomic E-state index is 12.5. The first-order valence-electron chi connectivity index (χ1n) is 13.4. The first-order valence-corrected chi connectivity index (χ1v) is 14.9. The van der Waals surface area contributed by atoms with Gasteiger partial charge in [-0.2, -0.15) is 0 Å². The second-order valence-electron chi connectivity index (χ2n) is 10.8. The molecule has 0 unspecified atom stereocenters. The van der Waals surface area contributed by atoms with Gasteiger partial charge in [-0.15, -0.1) is 0 Å². The highest BCUT2D eigenvalue weighted by Crippen LogP contribution is 2.36. The summed E-state index contributed by atoms with van der Waals surface area (Å²) in [4.78, 5) is 17.3. The molecule has 2 aliphatic rings. The summed E-state index contributed by atoms with van der Waals surface area (Å²) in [7, 11) is 1.39. The maximum Gasteiger partial charge on any atom is 0.341 e. The van der Waals surface area contributed by atoms with Crippen LogP contribution in [0.2, 0.25) is 5.02 Å². The second-order valence-corrected chi connectivity index (χ2v) is 12.5. The molecule has 6 nitrogen and oxygen atoms in total. The molecule has 0 aliphatic carbocycles. The van der Waals surface area contributed by atoms with E-state index < -0.39 is 5.97 Å². The molecule has 0 atom stereocenters. The quantitative estimate of drug-likeness (QED) is 0.194. The van der Waals surface area contributed by atoms with Crippen molar-refractivity contribution < 1.29 is 19.0 Å². The Morgan fingerprint density at radius 2 is 1.77 bits per heavy atom. The number of carbonyl (C=O) groups is 1. The van der Waals surface area contributed by atoms with E-state index >= 15 is 0 Å². The van der Waals surface area contributed by atoms with Gasteiger partial charge in [-0.3, -0.25) is 4.90 Å². The number of methoxy groups -OCH3 is 1. The van der Waals surface area contributed by atoms with E-state index in [4.69, 9.17) is 25.8 Å². The lowest BCUT2D eigenvalue weighted by Crippen LogP contribution is -2.47. The number of nitrogens with zero attached hydrogens (tertiary/aromatic N) is 2. The normalized spacial score (nSPS) is 17.6. The number of esters is 1. The van der Waals surface area contributed by atoms with Crippen molar-refractivity contribution in [2.75, 3.05) is 51.3 Å². The van der Waals surface area contributed by atoms with Crippen LogP contribution in [0.25, 0.3) is 5.57 Å². The molecule has 40 heavy (non-hydrogen) atoms. The Morgan fingerprint density at radius 1 is 1.02 bits per heavy atom. The van der Waals surface area contributed by atoms with E-state index in [1.807, 2.05) is 48.5 Å². The van der Waals surface area contributed by atoms with Crippen LogP contribution >= 0.6 is 34.2 Å². The number of anilines is 1. The predicted octanol–water partition coefficient (Wildman–Crippen LogP) is 7.30. The third kappa shape index (κ3) is 7.00. The summed E-state index contributed by atoms with van der Waals surface area (Å²) in [5.74, 6) is 0.759. The zero-order valence-electron chi connectivity index (χ0n) is 23.1. The summed E-state index contributed by atoms with van der Waals surface area (Å²) in [5.41, 5.74) is 5.17. The molecule has 0 spiro atoms. The number of hydrogen-bond donors (Lipinski definition) is 0. The minimum Gasteiger partial charge on any atom is -0.465 e. The first kappa shape index (κ1) is 28.9. The Balaban J connectivity index is 1.30. The van der Waals surface area contributed by atoms with Crippen LogP contribution in [0.1, 0.15) is 36.2 Å². The average Bonchev–Trinajstić information content (AvgIpc) is 2.94. The minimum absolute atomic E-state index is 0.189. The number of ether oxygens (including phenoxy) is 3. The molecule has 0 N–H and O–H groups in total. The molecule has 0 saturated carbocycles. The minimum atomic E-state index is -0.417. The van der Waals surface area contributed by atoms with Gasteiger partial charge in [0.2, 0.25) is 0 Å². The van der Waals surface area contributed by atoms with Crippen molar-refractivity contribution in [1.29, 1.82) is 0 Å². The van der Waals surface area contributed by atoms with Crippen LogP contribution < -0.4 is 9.64 Å². The summed E-state index contributed by atoms with van der Waals surface area (Å²) in [6.45, 7) is 9.41. The molecule has 3 aromatic carbocycles. The molecular formula is C32H34ClIN2O4. The van der Waals surface area contributed by atoms with Crippen LogP contribution in [0.3, 0.4) is 0 Å². The highest BCUT2D eigenvalue weighted by Gasteiger charge is 2.30. The molecule has 210 valence electrons. The van der Waals surface area contributed by atoms with Crippen LogP contribution in [0, 0.1) is 3.57 Å². The van der Waals surface area contributed by atoms with Gasteiger partial charge < -0.3 is 19.1 Å². The molecule has 2 heterocycles. The fourth-order valence-electron chi connectivity index (χ4n) is 5.23. The van der Waals surface area contributed by atoms with E-state index in [-0.39, 0.29) is 5.60 Å². The van der Waals surface area contributed by atoms with Crippen molar-refractivity contribution in [3.8, 4) is 11.5 Å². The SMILES string of the molecule is COC(=O)c1ccc(N2CCN(CC3=C(c4ccc(Cl)cc4)CC(C)(C)OC3)CC2)cc1Oc1cccc(I)c1. The predicted molar refractivity (Wildman–Crippen MR) is 169 cm³/mol. The van der Waals surface area contributed by atoms with Gasteiger partial charge in [0.25, 0.3) is 0 Å². The first-order chi connectivity index (χ1) is 19.2. The molecule has 3 aromatic rings. The van der Waals surface area contributed by atoms with Gasteiger partial charge in [-0.25, -0.2) is 4.79 Å². The molecule has 2 aliphatic heterocycles. The van der Waals surface area contributed by atoms with Crippen molar-refractivity contribution in [3.05, 3.63) is 92.0 Å². The zero-order chi connectivity index (χ0) is 28.3. The number of halogens is 2. The Hall–Kier alpha value is -2.59. The Kier molecular flexibility index (Phi) is 9.05. The Bertz CT molecular complexity index is 1400. The van der Waals surface area contributed by atoms with E-state index in [9.17, 15) is 4.79 Å². The Morgan fingerprint density at radius 3 is 2.48 bits per heavy atom. The topological polar surface area (TPSA) is 51.2 Å². The lowest BCUT2D eigenvalue weighted by atomic mass is 9.87. The van der Waals surface area contributed by atoms with Gasteiger partial charge in [-0.1, -0.05) is 29.8 Å². The van der Waals surface area contributed by atoms with Gasteiger partial charge in [-0.05, 0) is 95.6 Å². The number of rotatable bonds is 7. The van der Waals surface area contributed by atoms with Crippen LogP contribution in [-0.2, 0) is 9.47 Å². The standard InChI is InChI=1S/C32H34ClIN2O4/c1-32(2)19-29(22-7-9-24(33)10-8-22)23(21-39-32)20-35-13-15-36(16-14-35)26-11-12-28(31(37)38-3)30(18-26)40-27-6-4-5-25(34)17-27/h4-12,17-18H,13-16,19-21H2,1-3H3. The summed E-state index contributed by atoms with van der Waals surface area (Å²) < 4.78 is 18.5. The molecule has 0 bridgehead atoms. The molecule has 1 fully saturated rings. The van der Waals surface area contributed by atoms with Crippen molar-refractivity contribution in [2.24, 2.45) is 0 Å². The second kappa shape index (κ2) is 12.5. The lowest BCUT2D eigenvalue weighted by molar-refractivity contribution is -0.0101. The van der Waals surface area contributed by atoms with E-state index in [1.54, 1.807) is 6.07 Å². The number of hydrogen-bond acceptors (Lipinski definition) is 6. The zero-order valence-corrected chi connectivity index (χ0v) is 26.0. The Labute approximate surface area is 255 Å². The van der Waals surface area contributed by atoms with E-state index in [2.05, 4.69) is 58.4 Å². The molecule has 0 radical (unpaired) electrons. The highest BCUT2D eigenvalue weighted by atomic mass is 127. The molecular weight excluding hydrogens is 639 g/mol. The summed E-state index contributed by atoms with van der Waals surface area (Å²) >= 11 is 8.41. The maximum absolute atomic E-state index is 12.5. The molecule has 1 saturated heterocycles. The van der Waals surface area contributed by atoms with Crippen LogP contribution in [0.15, 0.2) is 72.3 Å². The number of carbonyl (C=O) groups excluding carboxylic acids is 1. The van der Waals surface area contributed by atoms with Crippen LogP contribution in [0.4, 0.5) is 5.69 Å². The van der Waals surface area contributed by atoms with E-state index in [0.29, 0.717) is 23.7 Å². The summed E-state index contributed by atoms with van der Waals surface area (Å²) in [6.07, 6.45) is 0.875. The smallest absolute Gasteiger partial charge is 0.341 e. The van der Waals surface area contributed by atoms with Crippen molar-refractivity contribution >= 4 is 51.4 Å². The van der Waals surface area contributed by atoms with Crippen molar-refractivity contribution in [1.82, 2.24) is 4.90 Å². The van der Waals surface area contributed by atoms with Gasteiger partial charge in [0, 0.05) is 59.5 Å².